The van der Waals surface area contributed by atoms with E-state index in [4.69, 9.17) is 5.11 Å². The first-order valence-corrected chi connectivity index (χ1v) is 7.01. The number of hydrogen-bond donors (Lipinski definition) is 2. The maximum Gasteiger partial charge on any atom is 0.124 e. The van der Waals surface area contributed by atoms with Gasteiger partial charge < -0.3 is 10.4 Å². The monoisotopic (exact) mass is 254 g/mol. The van der Waals surface area contributed by atoms with E-state index in [1.807, 2.05) is 0 Å². The maximum absolute atomic E-state index is 8.64. The lowest BCUT2D eigenvalue weighted by molar-refractivity contribution is 0.286. The van der Waals surface area contributed by atoms with Gasteiger partial charge in [0, 0.05) is 29.5 Å². The van der Waals surface area contributed by atoms with Crippen molar-refractivity contribution in [2.45, 2.75) is 13.0 Å². The molecule has 0 bridgehead atoms. The third kappa shape index (κ3) is 3.12. The van der Waals surface area contributed by atoms with Crippen LogP contribution in [0.15, 0.2) is 22.2 Å². The van der Waals surface area contributed by atoms with E-state index in [0.717, 1.165) is 30.2 Å². The Bertz CT molecular complexity index is 411. The van der Waals surface area contributed by atoms with Gasteiger partial charge >= 0.3 is 0 Å². The average Bonchev–Trinajstić information content (AvgIpc) is 2.94. The first-order valence-electron chi connectivity index (χ1n) is 5.18. The summed E-state index contributed by atoms with van der Waals surface area (Å²) in [5.41, 5.74) is 2.28. The lowest BCUT2D eigenvalue weighted by Crippen LogP contribution is -2.15. The molecular weight excluding hydrogens is 240 g/mol. The number of aromatic nitrogens is 1. The molecule has 2 aromatic rings. The standard InChI is InChI=1S/C11H14N2OS2/c14-4-1-3-12-6-10-8-16-11(13-10)9-2-5-15-7-9/h2,5,7-8,12,14H,1,3-4,6H2. The van der Waals surface area contributed by atoms with Crippen molar-refractivity contribution >= 4 is 22.7 Å². The van der Waals surface area contributed by atoms with Crippen LogP contribution in [0.4, 0.5) is 0 Å². The Balaban J connectivity index is 1.88. The molecule has 2 heterocycles. The molecule has 86 valence electrons. The van der Waals surface area contributed by atoms with Gasteiger partial charge in [0.15, 0.2) is 0 Å². The van der Waals surface area contributed by atoms with Gasteiger partial charge in [-0.25, -0.2) is 4.98 Å². The normalized spacial score (nSPS) is 10.8. The van der Waals surface area contributed by atoms with E-state index >= 15 is 0 Å². The van der Waals surface area contributed by atoms with Crippen molar-refractivity contribution in [3.63, 3.8) is 0 Å². The fraction of sp³-hybridized carbons (Fsp3) is 0.364. The van der Waals surface area contributed by atoms with E-state index in [0.29, 0.717) is 0 Å². The molecule has 0 unspecified atom stereocenters. The van der Waals surface area contributed by atoms with Gasteiger partial charge in [0.2, 0.25) is 0 Å². The van der Waals surface area contributed by atoms with Gasteiger partial charge in [0.1, 0.15) is 5.01 Å². The van der Waals surface area contributed by atoms with Crippen molar-refractivity contribution < 1.29 is 5.11 Å². The zero-order chi connectivity index (χ0) is 11.2. The molecule has 0 saturated carbocycles. The number of nitrogens with zero attached hydrogens (tertiary/aromatic N) is 1. The molecule has 2 rings (SSSR count). The molecule has 3 nitrogen and oxygen atoms in total. The summed E-state index contributed by atoms with van der Waals surface area (Å²) in [6, 6.07) is 2.09. The second kappa shape index (κ2) is 6.10. The first kappa shape index (κ1) is 11.7. The van der Waals surface area contributed by atoms with Crippen LogP contribution in [-0.4, -0.2) is 23.2 Å². The Morgan fingerprint density at radius 2 is 2.31 bits per heavy atom. The zero-order valence-electron chi connectivity index (χ0n) is 8.85. The van der Waals surface area contributed by atoms with Crippen molar-refractivity contribution in [3.05, 3.63) is 27.9 Å². The van der Waals surface area contributed by atoms with Gasteiger partial charge in [-0.3, -0.25) is 0 Å². The Kier molecular flexibility index (Phi) is 4.47. The predicted octanol–water partition coefficient (Wildman–Crippen LogP) is 2.34. The topological polar surface area (TPSA) is 45.1 Å². The molecular formula is C11H14N2OS2. The van der Waals surface area contributed by atoms with Crippen LogP contribution in [0.5, 0.6) is 0 Å². The molecule has 0 amide bonds. The van der Waals surface area contributed by atoms with E-state index in [9.17, 15) is 0 Å². The van der Waals surface area contributed by atoms with Gasteiger partial charge in [-0.1, -0.05) is 0 Å². The van der Waals surface area contributed by atoms with Crippen molar-refractivity contribution in [1.29, 1.82) is 0 Å². The molecule has 0 radical (unpaired) electrons. The molecule has 0 saturated heterocycles. The molecule has 2 aromatic heterocycles. The quantitative estimate of drug-likeness (QED) is 0.778. The lowest BCUT2D eigenvalue weighted by atomic mass is 10.3. The highest BCUT2D eigenvalue weighted by molar-refractivity contribution is 7.14. The summed E-state index contributed by atoms with van der Waals surface area (Å²) < 4.78 is 0. The Morgan fingerprint density at radius 1 is 1.38 bits per heavy atom. The Morgan fingerprint density at radius 3 is 3.06 bits per heavy atom. The summed E-state index contributed by atoms with van der Waals surface area (Å²) in [6.45, 7) is 1.85. The number of nitrogens with one attached hydrogen (secondary N) is 1. The van der Waals surface area contributed by atoms with Gasteiger partial charge in [-0.05, 0) is 24.4 Å². The molecule has 0 aliphatic rings. The summed E-state index contributed by atoms with van der Waals surface area (Å²) >= 11 is 3.37. The van der Waals surface area contributed by atoms with Crippen LogP contribution < -0.4 is 5.32 Å². The largest absolute Gasteiger partial charge is 0.396 e. The molecule has 0 aliphatic carbocycles. The third-order valence-corrected chi connectivity index (χ3v) is 3.76. The minimum Gasteiger partial charge on any atom is -0.396 e. The first-order chi connectivity index (χ1) is 7.90. The summed E-state index contributed by atoms with van der Waals surface area (Å²) in [5, 5.41) is 19.2. The highest BCUT2D eigenvalue weighted by atomic mass is 32.1. The molecule has 5 heteroatoms. The fourth-order valence-electron chi connectivity index (χ4n) is 1.33. The van der Waals surface area contributed by atoms with Crippen molar-refractivity contribution in [2.24, 2.45) is 0 Å². The van der Waals surface area contributed by atoms with Crippen molar-refractivity contribution in [1.82, 2.24) is 10.3 Å². The van der Waals surface area contributed by atoms with Gasteiger partial charge in [0.05, 0.1) is 5.69 Å². The Labute approximate surface area is 103 Å². The second-order valence-electron chi connectivity index (χ2n) is 3.41. The zero-order valence-corrected chi connectivity index (χ0v) is 10.5. The van der Waals surface area contributed by atoms with E-state index in [1.165, 1.54) is 5.56 Å². The number of aliphatic hydroxyl groups is 1. The second-order valence-corrected chi connectivity index (χ2v) is 5.05. The predicted molar refractivity (Wildman–Crippen MR) is 68.8 cm³/mol. The summed E-state index contributed by atoms with van der Waals surface area (Å²) in [5.74, 6) is 0. The molecule has 0 aliphatic heterocycles. The number of thiazole rings is 1. The van der Waals surface area contributed by atoms with Crippen LogP contribution in [0.25, 0.3) is 10.6 Å². The number of rotatable bonds is 6. The highest BCUT2D eigenvalue weighted by Crippen LogP contribution is 2.25. The molecule has 16 heavy (non-hydrogen) atoms. The van der Waals surface area contributed by atoms with Crippen molar-refractivity contribution in [3.8, 4) is 10.6 Å². The average molecular weight is 254 g/mol. The Hall–Kier alpha value is -0.750. The molecule has 0 fully saturated rings. The minimum atomic E-state index is 0.240. The highest BCUT2D eigenvalue weighted by Gasteiger charge is 2.04. The van der Waals surface area contributed by atoms with E-state index in [2.05, 4.69) is 32.5 Å². The van der Waals surface area contributed by atoms with Gasteiger partial charge in [-0.15, -0.1) is 11.3 Å². The van der Waals surface area contributed by atoms with E-state index in [1.54, 1.807) is 22.7 Å². The number of aliphatic hydroxyl groups excluding tert-OH is 1. The van der Waals surface area contributed by atoms with Crippen LogP contribution in [0, 0.1) is 0 Å². The maximum atomic E-state index is 8.64. The fourth-order valence-corrected chi connectivity index (χ4v) is 2.86. The molecule has 0 aromatic carbocycles. The van der Waals surface area contributed by atoms with Crippen LogP contribution in [0.3, 0.4) is 0 Å². The van der Waals surface area contributed by atoms with Gasteiger partial charge in [-0.2, -0.15) is 11.3 Å². The lowest BCUT2D eigenvalue weighted by Gasteiger charge is -1.99. The van der Waals surface area contributed by atoms with Crippen molar-refractivity contribution in [2.75, 3.05) is 13.2 Å². The number of thiophene rings is 1. The van der Waals surface area contributed by atoms with Crippen LogP contribution in [0.1, 0.15) is 12.1 Å². The third-order valence-electron chi connectivity index (χ3n) is 2.14. The molecule has 0 atom stereocenters. The summed E-state index contributed by atoms with van der Waals surface area (Å²) in [4.78, 5) is 4.55. The van der Waals surface area contributed by atoms with Crippen LogP contribution >= 0.6 is 22.7 Å². The van der Waals surface area contributed by atoms with E-state index < -0.39 is 0 Å². The summed E-state index contributed by atoms with van der Waals surface area (Å²) in [7, 11) is 0. The molecule has 2 N–H and O–H groups in total. The van der Waals surface area contributed by atoms with Crippen LogP contribution in [-0.2, 0) is 6.54 Å². The van der Waals surface area contributed by atoms with Crippen LogP contribution in [0.2, 0.25) is 0 Å². The SMILES string of the molecule is OCCCNCc1csc(-c2ccsc2)n1. The van der Waals surface area contributed by atoms with Gasteiger partial charge in [0.25, 0.3) is 0 Å². The number of hydrogen-bond acceptors (Lipinski definition) is 5. The minimum absolute atomic E-state index is 0.240. The molecule has 0 spiro atoms. The smallest absolute Gasteiger partial charge is 0.124 e. The summed E-state index contributed by atoms with van der Waals surface area (Å²) in [6.07, 6.45) is 0.793. The van der Waals surface area contributed by atoms with E-state index in [-0.39, 0.29) is 6.61 Å².